The van der Waals surface area contributed by atoms with Crippen LogP contribution >= 0.6 is 15.9 Å². The van der Waals surface area contributed by atoms with Crippen LogP contribution in [0.2, 0.25) is 0 Å². The van der Waals surface area contributed by atoms with Gasteiger partial charge < -0.3 is 9.30 Å². The lowest BCUT2D eigenvalue weighted by atomic mass is 10.2. The monoisotopic (exact) mass is 309 g/mol. The van der Waals surface area contributed by atoms with Crippen LogP contribution in [0.1, 0.15) is 5.69 Å². The molecule has 1 aromatic carbocycles. The number of benzene rings is 1. The minimum atomic E-state index is -0.386. The standard InChI is InChI=1S/C12H9BrFN3O/c1-17-11(13)9(6-15)16-12(17)8-5-7(14)3-4-10(8)18-2/h3-5H,1-2H3. The van der Waals surface area contributed by atoms with E-state index in [-0.39, 0.29) is 11.5 Å². The van der Waals surface area contributed by atoms with Crippen molar-refractivity contribution in [3.63, 3.8) is 0 Å². The average Bonchev–Trinajstić information content (AvgIpc) is 2.66. The molecule has 0 saturated heterocycles. The lowest BCUT2D eigenvalue weighted by molar-refractivity contribution is 0.415. The summed E-state index contributed by atoms with van der Waals surface area (Å²) in [5, 5.41) is 8.92. The maximum absolute atomic E-state index is 13.3. The molecule has 0 radical (unpaired) electrons. The Kier molecular flexibility index (Phi) is 3.34. The second-order valence-electron chi connectivity index (χ2n) is 3.59. The second kappa shape index (κ2) is 4.78. The van der Waals surface area contributed by atoms with Gasteiger partial charge >= 0.3 is 0 Å². The zero-order valence-corrected chi connectivity index (χ0v) is 11.3. The van der Waals surface area contributed by atoms with Crippen molar-refractivity contribution in [3.8, 4) is 23.2 Å². The molecule has 92 valence electrons. The summed E-state index contributed by atoms with van der Waals surface area (Å²) in [6, 6.07) is 6.13. The number of aromatic nitrogens is 2. The Morgan fingerprint density at radius 2 is 2.22 bits per heavy atom. The van der Waals surface area contributed by atoms with Crippen LogP contribution < -0.4 is 4.74 Å². The maximum atomic E-state index is 13.3. The molecule has 6 heteroatoms. The van der Waals surface area contributed by atoms with Gasteiger partial charge in [-0.3, -0.25) is 0 Å². The molecule has 2 aromatic rings. The van der Waals surface area contributed by atoms with E-state index in [1.165, 1.54) is 25.3 Å². The Labute approximate surface area is 112 Å². The van der Waals surface area contributed by atoms with Crippen LogP contribution in [0.5, 0.6) is 5.75 Å². The molecule has 0 amide bonds. The van der Waals surface area contributed by atoms with Crippen LogP contribution in [-0.2, 0) is 7.05 Å². The molecule has 0 unspecified atom stereocenters. The summed E-state index contributed by atoms with van der Waals surface area (Å²) in [5.41, 5.74) is 0.751. The van der Waals surface area contributed by atoms with E-state index in [9.17, 15) is 4.39 Å². The van der Waals surface area contributed by atoms with E-state index in [1.807, 2.05) is 6.07 Å². The van der Waals surface area contributed by atoms with E-state index >= 15 is 0 Å². The molecular formula is C12H9BrFN3O. The van der Waals surface area contributed by atoms with E-state index in [2.05, 4.69) is 20.9 Å². The molecule has 0 atom stereocenters. The molecule has 2 rings (SSSR count). The van der Waals surface area contributed by atoms with Crippen molar-refractivity contribution in [3.05, 3.63) is 34.3 Å². The Morgan fingerprint density at radius 1 is 1.50 bits per heavy atom. The topological polar surface area (TPSA) is 50.8 Å². The number of nitriles is 1. The van der Waals surface area contributed by atoms with Gasteiger partial charge in [0.25, 0.3) is 0 Å². The normalized spacial score (nSPS) is 10.2. The summed E-state index contributed by atoms with van der Waals surface area (Å²) in [6.45, 7) is 0. The largest absolute Gasteiger partial charge is 0.496 e. The van der Waals surface area contributed by atoms with Gasteiger partial charge in [-0.1, -0.05) is 0 Å². The molecule has 0 spiro atoms. The van der Waals surface area contributed by atoms with Crippen LogP contribution in [0.25, 0.3) is 11.4 Å². The van der Waals surface area contributed by atoms with Gasteiger partial charge in [0, 0.05) is 7.05 Å². The van der Waals surface area contributed by atoms with Crippen molar-refractivity contribution >= 4 is 15.9 Å². The Bertz CT molecular complexity index is 646. The van der Waals surface area contributed by atoms with Gasteiger partial charge in [0.05, 0.1) is 12.7 Å². The first kappa shape index (κ1) is 12.6. The summed E-state index contributed by atoms with van der Waals surface area (Å²) in [5.74, 6) is 0.583. The molecular weight excluding hydrogens is 301 g/mol. The first-order valence-electron chi connectivity index (χ1n) is 5.04. The summed E-state index contributed by atoms with van der Waals surface area (Å²) in [6.07, 6.45) is 0. The lowest BCUT2D eigenvalue weighted by Crippen LogP contribution is -1.96. The van der Waals surface area contributed by atoms with E-state index in [1.54, 1.807) is 11.6 Å². The fourth-order valence-electron chi connectivity index (χ4n) is 1.65. The molecule has 0 aliphatic rings. The van der Waals surface area contributed by atoms with Crippen molar-refractivity contribution in [2.24, 2.45) is 7.05 Å². The highest BCUT2D eigenvalue weighted by Gasteiger charge is 2.17. The third-order valence-corrected chi connectivity index (χ3v) is 3.44. The van der Waals surface area contributed by atoms with Gasteiger partial charge in [0.2, 0.25) is 0 Å². The molecule has 0 fully saturated rings. The predicted molar refractivity (Wildman–Crippen MR) is 67.6 cm³/mol. The first-order valence-corrected chi connectivity index (χ1v) is 5.84. The first-order chi connectivity index (χ1) is 8.58. The molecule has 0 N–H and O–H groups in total. The zero-order chi connectivity index (χ0) is 13.3. The van der Waals surface area contributed by atoms with Gasteiger partial charge in [-0.15, -0.1) is 0 Å². The molecule has 0 aliphatic carbocycles. The molecule has 0 saturated carbocycles. The van der Waals surface area contributed by atoms with Gasteiger partial charge in [-0.25, -0.2) is 9.37 Å². The maximum Gasteiger partial charge on any atom is 0.173 e. The van der Waals surface area contributed by atoms with Crippen LogP contribution in [0.3, 0.4) is 0 Å². The third kappa shape index (κ3) is 1.97. The summed E-state index contributed by atoms with van der Waals surface area (Å²) in [7, 11) is 3.23. The number of methoxy groups -OCH3 is 1. The third-order valence-electron chi connectivity index (χ3n) is 2.53. The highest BCUT2D eigenvalue weighted by molar-refractivity contribution is 9.10. The number of ether oxygens (including phenoxy) is 1. The van der Waals surface area contributed by atoms with E-state index in [4.69, 9.17) is 10.00 Å². The van der Waals surface area contributed by atoms with E-state index in [0.717, 1.165) is 0 Å². The summed E-state index contributed by atoms with van der Waals surface area (Å²) < 4.78 is 20.7. The van der Waals surface area contributed by atoms with E-state index in [0.29, 0.717) is 21.7 Å². The Morgan fingerprint density at radius 3 is 2.78 bits per heavy atom. The summed E-state index contributed by atoms with van der Waals surface area (Å²) >= 11 is 3.27. The average molecular weight is 310 g/mol. The minimum Gasteiger partial charge on any atom is -0.496 e. The van der Waals surface area contributed by atoms with Crippen LogP contribution in [0.15, 0.2) is 22.8 Å². The van der Waals surface area contributed by atoms with Crippen LogP contribution in [0.4, 0.5) is 4.39 Å². The number of hydrogen-bond acceptors (Lipinski definition) is 3. The van der Waals surface area contributed by atoms with Gasteiger partial charge in [0.15, 0.2) is 5.69 Å². The minimum absolute atomic E-state index is 0.249. The Hall–Kier alpha value is -1.87. The van der Waals surface area contributed by atoms with Gasteiger partial charge in [-0.05, 0) is 34.1 Å². The number of rotatable bonds is 2. The van der Waals surface area contributed by atoms with Gasteiger partial charge in [-0.2, -0.15) is 5.26 Å². The molecule has 1 aromatic heterocycles. The fraction of sp³-hybridized carbons (Fsp3) is 0.167. The molecule has 0 aliphatic heterocycles. The number of imidazole rings is 1. The second-order valence-corrected chi connectivity index (χ2v) is 4.34. The van der Waals surface area contributed by atoms with Crippen LogP contribution in [-0.4, -0.2) is 16.7 Å². The van der Waals surface area contributed by atoms with Crippen molar-refractivity contribution in [1.82, 2.24) is 9.55 Å². The highest BCUT2D eigenvalue weighted by Crippen LogP contribution is 2.32. The number of nitrogens with zero attached hydrogens (tertiary/aromatic N) is 3. The summed E-state index contributed by atoms with van der Waals surface area (Å²) in [4.78, 5) is 4.16. The molecule has 0 bridgehead atoms. The zero-order valence-electron chi connectivity index (χ0n) is 9.74. The molecule has 4 nitrogen and oxygen atoms in total. The SMILES string of the molecule is COc1ccc(F)cc1-c1nc(C#N)c(Br)n1C. The van der Waals surface area contributed by atoms with E-state index < -0.39 is 0 Å². The fourth-order valence-corrected chi connectivity index (χ4v) is 1.99. The van der Waals surface area contributed by atoms with Crippen molar-refractivity contribution < 1.29 is 9.13 Å². The predicted octanol–water partition coefficient (Wildman–Crippen LogP) is 2.87. The van der Waals surface area contributed by atoms with Crippen molar-refractivity contribution in [2.75, 3.05) is 7.11 Å². The lowest BCUT2D eigenvalue weighted by Gasteiger charge is -2.08. The Balaban J connectivity index is 2.69. The smallest absolute Gasteiger partial charge is 0.173 e. The quantitative estimate of drug-likeness (QED) is 0.857. The number of hydrogen-bond donors (Lipinski definition) is 0. The highest BCUT2D eigenvalue weighted by atomic mass is 79.9. The van der Waals surface area contributed by atoms with Gasteiger partial charge in [0.1, 0.15) is 28.1 Å². The molecule has 18 heavy (non-hydrogen) atoms. The van der Waals surface area contributed by atoms with Crippen molar-refractivity contribution in [2.45, 2.75) is 0 Å². The van der Waals surface area contributed by atoms with Crippen molar-refractivity contribution in [1.29, 1.82) is 5.26 Å². The number of halogens is 2. The van der Waals surface area contributed by atoms with Crippen LogP contribution in [0, 0.1) is 17.1 Å². The molecule has 1 heterocycles.